The molecule has 3 aromatic rings. The number of amides is 1. The fourth-order valence-electron chi connectivity index (χ4n) is 3.96. The molecule has 6 nitrogen and oxygen atoms in total. The van der Waals surface area contributed by atoms with E-state index in [1.54, 1.807) is 13.0 Å². The van der Waals surface area contributed by atoms with Gasteiger partial charge in [0.05, 0.1) is 16.6 Å². The minimum Gasteiger partial charge on any atom is -0.449 e. The normalized spacial score (nSPS) is 13.8. The molecule has 158 valence electrons. The van der Waals surface area contributed by atoms with Crippen LogP contribution in [-0.2, 0) is 22.4 Å². The van der Waals surface area contributed by atoms with Crippen molar-refractivity contribution in [3.8, 4) is 6.07 Å². The van der Waals surface area contributed by atoms with Gasteiger partial charge < -0.3 is 10.1 Å². The number of para-hydroxylation sites is 1. The van der Waals surface area contributed by atoms with Crippen LogP contribution in [0.2, 0.25) is 0 Å². The molecule has 31 heavy (non-hydrogen) atoms. The quantitative estimate of drug-likeness (QED) is 0.576. The summed E-state index contributed by atoms with van der Waals surface area (Å²) in [4.78, 5) is 31.5. The number of pyridine rings is 1. The number of thiophene rings is 1. The van der Waals surface area contributed by atoms with Crippen molar-refractivity contribution >= 4 is 39.1 Å². The largest absolute Gasteiger partial charge is 0.449 e. The van der Waals surface area contributed by atoms with Crippen LogP contribution in [-0.4, -0.2) is 23.0 Å². The second kappa shape index (κ2) is 8.86. The molecule has 1 aromatic carbocycles. The highest BCUT2D eigenvalue weighted by Gasteiger charge is 2.27. The number of aromatic nitrogens is 1. The van der Waals surface area contributed by atoms with Crippen molar-refractivity contribution < 1.29 is 14.3 Å². The van der Waals surface area contributed by atoms with Crippen molar-refractivity contribution in [1.82, 2.24) is 4.98 Å². The van der Waals surface area contributed by atoms with Gasteiger partial charge in [0.25, 0.3) is 5.91 Å². The summed E-state index contributed by atoms with van der Waals surface area (Å²) in [5, 5.41) is 13.7. The zero-order valence-corrected chi connectivity index (χ0v) is 18.3. The highest BCUT2D eigenvalue weighted by molar-refractivity contribution is 7.16. The van der Waals surface area contributed by atoms with Crippen molar-refractivity contribution in [2.45, 2.75) is 52.1 Å². The SMILES string of the molecule is CCC(OC(=O)c1cc(C)nc2ccccc12)C(=O)Nc1sc2c(c1C#N)CCCC2. The first-order valence-corrected chi connectivity index (χ1v) is 11.3. The average Bonchev–Trinajstić information content (AvgIpc) is 3.13. The van der Waals surface area contributed by atoms with Crippen LogP contribution in [0.5, 0.6) is 0 Å². The molecular weight excluding hydrogens is 410 g/mol. The standard InChI is InChI=1S/C24H23N3O3S/c1-3-20(22(28)27-23-18(13-25)16-9-5-7-11-21(16)31-23)30-24(29)17-12-14(2)26-19-10-6-4-8-15(17)19/h4,6,8,10,12,20H,3,5,7,9,11H2,1-2H3,(H,27,28). The topological polar surface area (TPSA) is 92.1 Å². The molecule has 1 aliphatic rings. The van der Waals surface area contributed by atoms with Gasteiger partial charge in [0, 0.05) is 16.0 Å². The first-order valence-electron chi connectivity index (χ1n) is 10.4. The Balaban J connectivity index is 1.55. The fraction of sp³-hybridized carbons (Fsp3) is 0.333. The molecule has 0 fully saturated rings. The van der Waals surface area contributed by atoms with E-state index in [9.17, 15) is 14.9 Å². The molecule has 2 heterocycles. The van der Waals surface area contributed by atoms with Crippen LogP contribution in [0.25, 0.3) is 10.9 Å². The van der Waals surface area contributed by atoms with Crippen molar-refractivity contribution in [2.24, 2.45) is 0 Å². The van der Waals surface area contributed by atoms with Gasteiger partial charge >= 0.3 is 5.97 Å². The number of fused-ring (bicyclic) bond motifs is 2. The van der Waals surface area contributed by atoms with Crippen molar-refractivity contribution in [2.75, 3.05) is 5.32 Å². The van der Waals surface area contributed by atoms with Crippen molar-refractivity contribution in [3.63, 3.8) is 0 Å². The Bertz CT molecular complexity index is 1210. The van der Waals surface area contributed by atoms with E-state index in [0.717, 1.165) is 31.2 Å². The third-order valence-corrected chi connectivity index (χ3v) is 6.70. The molecule has 0 radical (unpaired) electrons. The average molecular weight is 434 g/mol. The van der Waals surface area contributed by atoms with E-state index < -0.39 is 18.0 Å². The Hall–Kier alpha value is -3.24. The summed E-state index contributed by atoms with van der Waals surface area (Å²) in [7, 11) is 0. The lowest BCUT2D eigenvalue weighted by molar-refractivity contribution is -0.124. The summed E-state index contributed by atoms with van der Waals surface area (Å²) in [5.74, 6) is -0.976. The maximum atomic E-state index is 12.9. The Labute approximate surface area is 184 Å². The Morgan fingerprint density at radius 1 is 1.29 bits per heavy atom. The number of benzene rings is 1. The van der Waals surface area contributed by atoms with Crippen LogP contribution in [0.3, 0.4) is 0 Å². The minimum atomic E-state index is -0.953. The van der Waals surface area contributed by atoms with E-state index in [-0.39, 0.29) is 0 Å². The summed E-state index contributed by atoms with van der Waals surface area (Å²) in [6, 6.07) is 11.3. The van der Waals surface area contributed by atoms with Gasteiger partial charge in [-0.05, 0) is 56.7 Å². The monoisotopic (exact) mass is 433 g/mol. The molecule has 0 bridgehead atoms. The van der Waals surface area contributed by atoms with E-state index in [0.29, 0.717) is 39.1 Å². The first-order chi connectivity index (χ1) is 15.0. The van der Waals surface area contributed by atoms with Gasteiger partial charge in [-0.2, -0.15) is 5.26 Å². The molecule has 0 saturated heterocycles. The van der Waals surface area contributed by atoms with Crippen LogP contribution in [0, 0.1) is 18.3 Å². The molecule has 1 N–H and O–H groups in total. The number of esters is 1. The van der Waals surface area contributed by atoms with Crippen LogP contribution < -0.4 is 5.32 Å². The van der Waals surface area contributed by atoms with Gasteiger partial charge in [0.2, 0.25) is 0 Å². The molecule has 2 aromatic heterocycles. The lowest BCUT2D eigenvalue weighted by Gasteiger charge is -2.16. The molecule has 1 amide bonds. The summed E-state index contributed by atoms with van der Waals surface area (Å²) in [6.07, 6.45) is 3.33. The Kier molecular flexibility index (Phi) is 6.01. The number of aryl methyl sites for hydroxylation is 2. The maximum Gasteiger partial charge on any atom is 0.339 e. The summed E-state index contributed by atoms with van der Waals surface area (Å²) in [5.41, 5.74) is 3.39. The second-order valence-electron chi connectivity index (χ2n) is 7.65. The molecule has 1 unspecified atom stereocenters. The van der Waals surface area contributed by atoms with E-state index in [1.165, 1.54) is 16.2 Å². The number of nitrogens with one attached hydrogen (secondary N) is 1. The number of nitrogens with zero attached hydrogens (tertiary/aromatic N) is 2. The number of carbonyl (C=O) groups excluding carboxylic acids is 2. The predicted octanol–water partition coefficient (Wildman–Crippen LogP) is 4.93. The van der Waals surface area contributed by atoms with E-state index in [2.05, 4.69) is 16.4 Å². The fourth-order valence-corrected chi connectivity index (χ4v) is 5.20. The third kappa shape index (κ3) is 4.17. The molecule has 7 heteroatoms. The van der Waals surface area contributed by atoms with E-state index in [4.69, 9.17) is 4.74 Å². The summed E-state index contributed by atoms with van der Waals surface area (Å²) >= 11 is 1.46. The Morgan fingerprint density at radius 3 is 2.84 bits per heavy atom. The third-order valence-electron chi connectivity index (χ3n) is 5.50. The summed E-state index contributed by atoms with van der Waals surface area (Å²) in [6.45, 7) is 3.60. The molecule has 1 aliphatic carbocycles. The first kappa shape index (κ1) is 21.0. The lowest BCUT2D eigenvalue weighted by atomic mass is 9.96. The summed E-state index contributed by atoms with van der Waals surface area (Å²) < 4.78 is 5.60. The molecule has 1 atom stereocenters. The molecule has 0 aliphatic heterocycles. The smallest absolute Gasteiger partial charge is 0.339 e. The van der Waals surface area contributed by atoms with Crippen LogP contribution >= 0.6 is 11.3 Å². The van der Waals surface area contributed by atoms with E-state index in [1.807, 2.05) is 31.2 Å². The minimum absolute atomic E-state index is 0.326. The molecular formula is C24H23N3O3S. The zero-order chi connectivity index (χ0) is 22.0. The predicted molar refractivity (Wildman–Crippen MR) is 120 cm³/mol. The lowest BCUT2D eigenvalue weighted by Crippen LogP contribution is -2.32. The molecule has 0 saturated carbocycles. The van der Waals surface area contributed by atoms with Gasteiger partial charge in [0.1, 0.15) is 11.1 Å². The van der Waals surface area contributed by atoms with Gasteiger partial charge in [-0.3, -0.25) is 9.78 Å². The molecule has 4 rings (SSSR count). The number of nitriles is 1. The van der Waals surface area contributed by atoms with Crippen molar-refractivity contribution in [1.29, 1.82) is 5.26 Å². The highest BCUT2D eigenvalue weighted by atomic mass is 32.1. The second-order valence-corrected chi connectivity index (χ2v) is 8.75. The Morgan fingerprint density at radius 2 is 2.06 bits per heavy atom. The van der Waals surface area contributed by atoms with E-state index >= 15 is 0 Å². The number of hydrogen-bond acceptors (Lipinski definition) is 6. The van der Waals surface area contributed by atoms with Gasteiger partial charge in [-0.15, -0.1) is 11.3 Å². The van der Waals surface area contributed by atoms with Crippen LogP contribution in [0.1, 0.15) is 58.2 Å². The van der Waals surface area contributed by atoms with Crippen LogP contribution in [0.15, 0.2) is 30.3 Å². The number of ether oxygens (including phenoxy) is 1. The van der Waals surface area contributed by atoms with Crippen molar-refractivity contribution in [3.05, 3.63) is 57.6 Å². The maximum absolute atomic E-state index is 12.9. The number of rotatable bonds is 5. The number of carbonyl (C=O) groups is 2. The van der Waals surface area contributed by atoms with Gasteiger partial charge in [0.15, 0.2) is 6.10 Å². The molecule has 0 spiro atoms. The van der Waals surface area contributed by atoms with Crippen LogP contribution in [0.4, 0.5) is 5.00 Å². The highest BCUT2D eigenvalue weighted by Crippen LogP contribution is 2.37. The zero-order valence-electron chi connectivity index (χ0n) is 17.5. The van der Waals surface area contributed by atoms with Gasteiger partial charge in [-0.1, -0.05) is 25.1 Å². The number of hydrogen-bond donors (Lipinski definition) is 1. The number of anilines is 1. The van der Waals surface area contributed by atoms with Gasteiger partial charge in [-0.25, -0.2) is 4.79 Å².